The lowest BCUT2D eigenvalue weighted by atomic mass is 10.1. The molecule has 2 heterocycles. The first-order valence-corrected chi connectivity index (χ1v) is 7.45. The highest BCUT2D eigenvalue weighted by Crippen LogP contribution is 2.31. The Hall–Kier alpha value is -1.63. The maximum atomic E-state index is 6.02. The highest BCUT2D eigenvalue weighted by molar-refractivity contribution is 14.1. The van der Waals surface area contributed by atoms with Gasteiger partial charge in [-0.1, -0.05) is 32.0 Å². The molecular formula is C15H14IN3O. The van der Waals surface area contributed by atoms with Crippen molar-refractivity contribution < 1.29 is 4.42 Å². The highest BCUT2D eigenvalue weighted by atomic mass is 127. The Bertz CT molecular complexity index is 780. The molecule has 0 unspecified atom stereocenters. The lowest BCUT2D eigenvalue weighted by Gasteiger charge is -2.10. The van der Waals surface area contributed by atoms with Gasteiger partial charge in [-0.15, -0.1) is 0 Å². The van der Waals surface area contributed by atoms with Crippen molar-refractivity contribution in [2.75, 3.05) is 5.73 Å². The number of hydrogen-bond donors (Lipinski definition) is 1. The summed E-state index contributed by atoms with van der Waals surface area (Å²) in [6, 6.07) is 7.85. The second kappa shape index (κ2) is 5.05. The van der Waals surface area contributed by atoms with Crippen LogP contribution in [0.2, 0.25) is 0 Å². The Balaban J connectivity index is 2.24. The molecule has 20 heavy (non-hydrogen) atoms. The molecule has 0 saturated carbocycles. The third-order valence-electron chi connectivity index (χ3n) is 3.17. The van der Waals surface area contributed by atoms with Crippen molar-refractivity contribution in [3.05, 3.63) is 39.8 Å². The van der Waals surface area contributed by atoms with E-state index in [1.165, 1.54) is 0 Å². The Kier molecular flexibility index (Phi) is 3.37. The van der Waals surface area contributed by atoms with Gasteiger partial charge in [0.05, 0.1) is 14.8 Å². The van der Waals surface area contributed by atoms with Gasteiger partial charge >= 0.3 is 0 Å². The zero-order valence-electron chi connectivity index (χ0n) is 11.2. The number of rotatable bonds is 2. The fraction of sp³-hybridized carbons (Fsp3) is 0.200. The van der Waals surface area contributed by atoms with Crippen LogP contribution in [0.4, 0.5) is 5.82 Å². The number of benzene rings is 1. The Morgan fingerprint density at radius 1 is 1.20 bits per heavy atom. The van der Waals surface area contributed by atoms with Crippen LogP contribution in [0.15, 0.2) is 34.9 Å². The minimum absolute atomic E-state index is 0.295. The van der Waals surface area contributed by atoms with Crippen LogP contribution in [0.1, 0.15) is 25.5 Å². The van der Waals surface area contributed by atoms with Crippen LogP contribution in [-0.4, -0.2) is 9.97 Å². The highest BCUT2D eigenvalue weighted by Gasteiger charge is 2.16. The molecule has 0 aliphatic rings. The van der Waals surface area contributed by atoms with E-state index in [0.29, 0.717) is 17.6 Å². The molecule has 0 saturated heterocycles. The van der Waals surface area contributed by atoms with Crippen LogP contribution >= 0.6 is 22.6 Å². The molecule has 3 aromatic rings. The number of halogens is 1. The van der Waals surface area contributed by atoms with E-state index < -0.39 is 0 Å². The van der Waals surface area contributed by atoms with Gasteiger partial charge in [0, 0.05) is 5.39 Å². The number of hydrogen-bond acceptors (Lipinski definition) is 4. The maximum Gasteiger partial charge on any atom is 0.165 e. The molecule has 3 rings (SSSR count). The number of para-hydroxylation sites is 1. The van der Waals surface area contributed by atoms with Crippen LogP contribution in [0.3, 0.4) is 0 Å². The molecule has 1 aromatic carbocycles. The largest absolute Gasteiger partial charge is 0.464 e. The van der Waals surface area contributed by atoms with E-state index in [9.17, 15) is 0 Å². The van der Waals surface area contributed by atoms with Gasteiger partial charge in [-0.05, 0) is 34.6 Å². The molecule has 0 radical (unpaired) electrons. The fourth-order valence-electron chi connectivity index (χ4n) is 2.14. The lowest BCUT2D eigenvalue weighted by molar-refractivity contribution is 0.616. The molecule has 5 heteroatoms. The monoisotopic (exact) mass is 379 g/mol. The van der Waals surface area contributed by atoms with Gasteiger partial charge in [0.15, 0.2) is 5.82 Å². The first-order valence-electron chi connectivity index (χ1n) is 6.37. The van der Waals surface area contributed by atoms with E-state index in [1.807, 2.05) is 24.3 Å². The van der Waals surface area contributed by atoms with Gasteiger partial charge in [0.1, 0.15) is 17.7 Å². The Morgan fingerprint density at radius 2 is 1.95 bits per heavy atom. The van der Waals surface area contributed by atoms with Crippen molar-refractivity contribution in [1.82, 2.24) is 9.97 Å². The van der Waals surface area contributed by atoms with E-state index in [4.69, 9.17) is 10.2 Å². The summed E-state index contributed by atoms with van der Waals surface area (Å²) in [6.45, 7) is 4.20. The zero-order valence-corrected chi connectivity index (χ0v) is 13.4. The number of anilines is 1. The zero-order chi connectivity index (χ0) is 14.3. The average Bonchev–Trinajstić information content (AvgIpc) is 2.85. The van der Waals surface area contributed by atoms with E-state index in [2.05, 4.69) is 46.4 Å². The van der Waals surface area contributed by atoms with Crippen molar-refractivity contribution in [1.29, 1.82) is 0 Å². The van der Waals surface area contributed by atoms with Gasteiger partial charge in [0.25, 0.3) is 0 Å². The molecule has 0 aliphatic carbocycles. The lowest BCUT2D eigenvalue weighted by Crippen LogP contribution is -2.06. The summed E-state index contributed by atoms with van der Waals surface area (Å²) in [5.74, 6) is 1.44. The van der Waals surface area contributed by atoms with Gasteiger partial charge in [-0.3, -0.25) is 0 Å². The number of fused-ring (bicyclic) bond motifs is 1. The standard InChI is InChI=1S/C15H14IN3O/c1-8(2)13-12(16)14(17)19-15(18-13)10-7-20-11-6-4-3-5-9(10)11/h3-8H,1-2H3,(H2,17,18,19). The average molecular weight is 379 g/mol. The summed E-state index contributed by atoms with van der Waals surface area (Å²) >= 11 is 2.20. The summed E-state index contributed by atoms with van der Waals surface area (Å²) in [5.41, 5.74) is 8.70. The second-order valence-corrected chi connectivity index (χ2v) is 6.01. The minimum atomic E-state index is 0.295. The van der Waals surface area contributed by atoms with Crippen LogP contribution < -0.4 is 5.73 Å². The first kappa shape index (κ1) is 13.4. The number of nitrogens with two attached hydrogens (primary N) is 1. The molecule has 102 valence electrons. The van der Waals surface area contributed by atoms with Gasteiger partial charge < -0.3 is 10.2 Å². The van der Waals surface area contributed by atoms with E-state index >= 15 is 0 Å². The molecule has 2 N–H and O–H groups in total. The first-order chi connectivity index (χ1) is 9.58. The van der Waals surface area contributed by atoms with Crippen LogP contribution in [0.5, 0.6) is 0 Å². The van der Waals surface area contributed by atoms with Gasteiger partial charge in [-0.2, -0.15) is 0 Å². The van der Waals surface area contributed by atoms with Crippen LogP contribution in [0.25, 0.3) is 22.4 Å². The smallest absolute Gasteiger partial charge is 0.165 e. The van der Waals surface area contributed by atoms with Crippen molar-refractivity contribution in [3.63, 3.8) is 0 Å². The van der Waals surface area contributed by atoms with E-state index in [0.717, 1.165) is 25.8 Å². The van der Waals surface area contributed by atoms with Crippen molar-refractivity contribution in [2.45, 2.75) is 19.8 Å². The summed E-state index contributed by atoms with van der Waals surface area (Å²) in [7, 11) is 0. The normalized spacial score (nSPS) is 11.4. The topological polar surface area (TPSA) is 64.9 Å². The Morgan fingerprint density at radius 3 is 2.70 bits per heavy atom. The molecule has 4 nitrogen and oxygen atoms in total. The molecule has 0 spiro atoms. The molecule has 0 fully saturated rings. The molecule has 0 atom stereocenters. The summed E-state index contributed by atoms with van der Waals surface area (Å²) in [4.78, 5) is 9.07. The number of nitrogens with zero attached hydrogens (tertiary/aromatic N) is 2. The minimum Gasteiger partial charge on any atom is -0.464 e. The maximum absolute atomic E-state index is 6.02. The Labute approximate surface area is 130 Å². The van der Waals surface area contributed by atoms with Gasteiger partial charge in [0.2, 0.25) is 0 Å². The number of aromatic nitrogens is 2. The van der Waals surface area contributed by atoms with Crippen molar-refractivity contribution in [3.8, 4) is 11.4 Å². The fourth-order valence-corrected chi connectivity index (χ4v) is 3.00. The third-order valence-corrected chi connectivity index (χ3v) is 4.28. The van der Waals surface area contributed by atoms with Crippen LogP contribution in [-0.2, 0) is 0 Å². The number of nitrogen functional groups attached to an aromatic ring is 1. The summed E-state index contributed by atoms with van der Waals surface area (Å²) < 4.78 is 6.48. The molecule has 0 aliphatic heterocycles. The molecule has 0 bridgehead atoms. The van der Waals surface area contributed by atoms with Crippen LogP contribution in [0, 0.1) is 3.57 Å². The van der Waals surface area contributed by atoms with Crippen molar-refractivity contribution in [2.24, 2.45) is 0 Å². The van der Waals surface area contributed by atoms with Crippen molar-refractivity contribution >= 4 is 39.4 Å². The van der Waals surface area contributed by atoms with E-state index in [-0.39, 0.29) is 0 Å². The molecular weight excluding hydrogens is 365 g/mol. The molecule has 0 amide bonds. The second-order valence-electron chi connectivity index (χ2n) is 4.93. The summed E-state index contributed by atoms with van der Waals surface area (Å²) in [5, 5.41) is 1.00. The number of furan rings is 1. The quantitative estimate of drug-likeness (QED) is 0.678. The SMILES string of the molecule is CC(C)c1nc(-c2coc3ccccc23)nc(N)c1I. The predicted octanol–water partition coefficient (Wildman–Crippen LogP) is 4.20. The predicted molar refractivity (Wildman–Crippen MR) is 88.5 cm³/mol. The summed E-state index contributed by atoms with van der Waals surface area (Å²) in [6.07, 6.45) is 1.69. The molecule has 2 aromatic heterocycles. The third kappa shape index (κ3) is 2.15. The van der Waals surface area contributed by atoms with Gasteiger partial charge in [-0.25, -0.2) is 9.97 Å². The van der Waals surface area contributed by atoms with E-state index in [1.54, 1.807) is 6.26 Å².